The first-order chi connectivity index (χ1) is 8.10. The molecule has 0 atom stereocenters. The molecule has 0 amide bonds. The number of halogens is 1. The second-order valence-corrected chi connectivity index (χ2v) is 4.84. The number of carbonyl (C=O) groups is 1. The van der Waals surface area contributed by atoms with Gasteiger partial charge in [-0.15, -0.1) is 11.3 Å². The number of aromatic nitrogens is 2. The minimum atomic E-state index is -1.09. The maximum absolute atomic E-state index is 10.9. The molecule has 5 nitrogen and oxygen atoms in total. The van der Waals surface area contributed by atoms with E-state index in [2.05, 4.69) is 15.3 Å². The van der Waals surface area contributed by atoms with Crippen molar-refractivity contribution in [2.75, 3.05) is 12.4 Å². The Bertz CT molecular complexity index is 570. The molecule has 0 aromatic carbocycles. The van der Waals surface area contributed by atoms with Crippen molar-refractivity contribution >= 4 is 34.7 Å². The third kappa shape index (κ3) is 2.54. The Morgan fingerprint density at radius 3 is 2.76 bits per heavy atom. The molecule has 0 saturated carbocycles. The van der Waals surface area contributed by atoms with Crippen molar-refractivity contribution in [3.63, 3.8) is 0 Å². The summed E-state index contributed by atoms with van der Waals surface area (Å²) in [5, 5.41) is 11.7. The van der Waals surface area contributed by atoms with Crippen LogP contribution in [0.25, 0.3) is 10.7 Å². The lowest BCUT2D eigenvalue weighted by Gasteiger charge is -2.03. The van der Waals surface area contributed by atoms with Crippen molar-refractivity contribution in [2.24, 2.45) is 0 Å². The lowest BCUT2D eigenvalue weighted by molar-refractivity contribution is 0.0690. The molecule has 0 unspecified atom stereocenters. The molecule has 2 heterocycles. The molecule has 2 aromatic heterocycles. The second-order valence-electron chi connectivity index (χ2n) is 3.12. The Balaban J connectivity index is 2.53. The van der Waals surface area contributed by atoms with Gasteiger partial charge in [0.1, 0.15) is 5.82 Å². The third-order valence-electron chi connectivity index (χ3n) is 1.99. The second kappa shape index (κ2) is 4.68. The number of hydrogen-bond acceptors (Lipinski definition) is 5. The molecule has 0 aliphatic carbocycles. The summed E-state index contributed by atoms with van der Waals surface area (Å²) in [6, 6.07) is 4.85. The topological polar surface area (TPSA) is 75.1 Å². The Labute approximate surface area is 106 Å². The number of hydrogen-bond donors (Lipinski definition) is 2. The van der Waals surface area contributed by atoms with Gasteiger partial charge in [0.2, 0.25) is 0 Å². The van der Waals surface area contributed by atoms with Crippen LogP contribution < -0.4 is 5.32 Å². The van der Waals surface area contributed by atoms with E-state index < -0.39 is 5.97 Å². The Hall–Kier alpha value is -1.66. The Kier molecular flexibility index (Phi) is 3.26. The molecule has 0 bridgehead atoms. The molecule has 2 N–H and O–H groups in total. The van der Waals surface area contributed by atoms with E-state index in [1.54, 1.807) is 19.2 Å². The average molecular weight is 270 g/mol. The Morgan fingerprint density at radius 2 is 2.24 bits per heavy atom. The SMILES string of the molecule is CNc1cc(C(=O)O)nc(-c2ccc(Cl)s2)n1. The van der Waals surface area contributed by atoms with Crippen molar-refractivity contribution < 1.29 is 9.90 Å². The summed E-state index contributed by atoms with van der Waals surface area (Å²) in [5.74, 6) is -0.282. The number of carboxylic acids is 1. The number of nitrogens with one attached hydrogen (secondary N) is 1. The van der Waals surface area contributed by atoms with E-state index in [-0.39, 0.29) is 5.69 Å². The van der Waals surface area contributed by atoms with E-state index in [9.17, 15) is 4.79 Å². The van der Waals surface area contributed by atoms with E-state index in [0.717, 1.165) is 4.88 Å². The molecule has 88 valence electrons. The summed E-state index contributed by atoms with van der Waals surface area (Å²) in [6.07, 6.45) is 0. The van der Waals surface area contributed by atoms with E-state index >= 15 is 0 Å². The molecule has 17 heavy (non-hydrogen) atoms. The normalized spacial score (nSPS) is 10.2. The van der Waals surface area contributed by atoms with Gasteiger partial charge in [-0.25, -0.2) is 14.8 Å². The van der Waals surface area contributed by atoms with Crippen LogP contribution in [0.1, 0.15) is 10.5 Å². The maximum Gasteiger partial charge on any atom is 0.354 e. The van der Waals surface area contributed by atoms with Gasteiger partial charge in [-0.2, -0.15) is 0 Å². The predicted molar refractivity (Wildman–Crippen MR) is 66.9 cm³/mol. The van der Waals surface area contributed by atoms with Crippen LogP contribution in [0.5, 0.6) is 0 Å². The van der Waals surface area contributed by atoms with Gasteiger partial charge in [-0.05, 0) is 12.1 Å². The summed E-state index contributed by atoms with van der Waals surface area (Å²) < 4.78 is 0.607. The summed E-state index contributed by atoms with van der Waals surface area (Å²) in [6.45, 7) is 0. The van der Waals surface area contributed by atoms with Crippen LogP contribution in [0.3, 0.4) is 0 Å². The summed E-state index contributed by atoms with van der Waals surface area (Å²) >= 11 is 7.12. The molecule has 0 saturated heterocycles. The standard InChI is InChI=1S/C10H8ClN3O2S/c1-12-8-4-5(10(15)16)13-9(14-8)6-2-3-7(11)17-6/h2-4H,1H3,(H,15,16)(H,12,13,14). The van der Waals surface area contributed by atoms with Crippen LogP contribution in [0.2, 0.25) is 4.34 Å². The quantitative estimate of drug-likeness (QED) is 0.896. The lowest BCUT2D eigenvalue weighted by atomic mass is 10.3. The predicted octanol–water partition coefficient (Wildman–Crippen LogP) is 2.60. The zero-order chi connectivity index (χ0) is 12.4. The highest BCUT2D eigenvalue weighted by Gasteiger charge is 2.12. The van der Waals surface area contributed by atoms with Crippen LogP contribution in [0.4, 0.5) is 5.82 Å². The van der Waals surface area contributed by atoms with Gasteiger partial charge in [0.05, 0.1) is 9.21 Å². The molecule has 0 fully saturated rings. The summed E-state index contributed by atoms with van der Waals surface area (Å²) in [4.78, 5) is 19.8. The van der Waals surface area contributed by atoms with Gasteiger partial charge in [0.25, 0.3) is 0 Å². The van der Waals surface area contributed by atoms with Gasteiger partial charge in [-0.3, -0.25) is 0 Å². The number of aromatic carboxylic acids is 1. The van der Waals surface area contributed by atoms with Crippen LogP contribution in [-0.4, -0.2) is 28.1 Å². The Morgan fingerprint density at radius 1 is 1.47 bits per heavy atom. The van der Waals surface area contributed by atoms with Gasteiger partial charge in [0, 0.05) is 13.1 Å². The molecule has 2 rings (SSSR count). The van der Waals surface area contributed by atoms with Crippen molar-refractivity contribution in [2.45, 2.75) is 0 Å². The smallest absolute Gasteiger partial charge is 0.354 e. The highest BCUT2D eigenvalue weighted by atomic mass is 35.5. The number of carboxylic acid groups (broad SMARTS) is 1. The first-order valence-corrected chi connectivity index (χ1v) is 5.85. The molecule has 7 heteroatoms. The van der Waals surface area contributed by atoms with E-state index in [1.807, 2.05) is 0 Å². The third-order valence-corrected chi connectivity index (χ3v) is 3.22. The van der Waals surface area contributed by atoms with Crippen molar-refractivity contribution in [3.05, 3.63) is 28.2 Å². The molecule has 2 aromatic rings. The molecular formula is C10H8ClN3O2S. The van der Waals surface area contributed by atoms with Crippen molar-refractivity contribution in [3.8, 4) is 10.7 Å². The van der Waals surface area contributed by atoms with Crippen LogP contribution >= 0.6 is 22.9 Å². The van der Waals surface area contributed by atoms with Gasteiger partial charge >= 0.3 is 5.97 Å². The van der Waals surface area contributed by atoms with Crippen LogP contribution in [-0.2, 0) is 0 Å². The molecule has 0 aliphatic heterocycles. The van der Waals surface area contributed by atoms with Crippen LogP contribution in [0.15, 0.2) is 18.2 Å². The fourth-order valence-corrected chi connectivity index (χ4v) is 2.21. The highest BCUT2D eigenvalue weighted by Crippen LogP contribution is 2.29. The summed E-state index contributed by atoms with van der Waals surface area (Å²) in [7, 11) is 1.67. The molecule has 0 spiro atoms. The fraction of sp³-hybridized carbons (Fsp3) is 0.100. The monoisotopic (exact) mass is 269 g/mol. The van der Waals surface area contributed by atoms with E-state index in [1.165, 1.54) is 17.4 Å². The van der Waals surface area contributed by atoms with Gasteiger partial charge < -0.3 is 10.4 Å². The van der Waals surface area contributed by atoms with Crippen molar-refractivity contribution in [1.29, 1.82) is 0 Å². The number of anilines is 1. The van der Waals surface area contributed by atoms with Gasteiger partial charge in [0.15, 0.2) is 11.5 Å². The minimum Gasteiger partial charge on any atom is -0.477 e. The molecule has 0 aliphatic rings. The van der Waals surface area contributed by atoms with Crippen molar-refractivity contribution in [1.82, 2.24) is 9.97 Å². The van der Waals surface area contributed by atoms with E-state index in [0.29, 0.717) is 16.0 Å². The maximum atomic E-state index is 10.9. The number of nitrogens with zero attached hydrogens (tertiary/aromatic N) is 2. The summed E-state index contributed by atoms with van der Waals surface area (Å²) in [5.41, 5.74) is -0.0520. The largest absolute Gasteiger partial charge is 0.477 e. The molecular weight excluding hydrogens is 262 g/mol. The lowest BCUT2D eigenvalue weighted by Crippen LogP contribution is -2.05. The molecule has 0 radical (unpaired) electrons. The zero-order valence-corrected chi connectivity index (χ0v) is 10.3. The zero-order valence-electron chi connectivity index (χ0n) is 8.77. The average Bonchev–Trinajstić information content (AvgIpc) is 2.75. The number of rotatable bonds is 3. The number of thiophene rings is 1. The van der Waals surface area contributed by atoms with Crippen LogP contribution in [0, 0.1) is 0 Å². The van der Waals surface area contributed by atoms with Gasteiger partial charge in [-0.1, -0.05) is 11.6 Å². The first kappa shape index (κ1) is 11.8. The highest BCUT2D eigenvalue weighted by molar-refractivity contribution is 7.19. The first-order valence-electron chi connectivity index (χ1n) is 4.66. The fourth-order valence-electron chi connectivity index (χ4n) is 1.23. The minimum absolute atomic E-state index is 0.0520. The van der Waals surface area contributed by atoms with E-state index in [4.69, 9.17) is 16.7 Å².